The summed E-state index contributed by atoms with van der Waals surface area (Å²) in [5.41, 5.74) is 3.30. The van der Waals surface area contributed by atoms with E-state index in [2.05, 4.69) is 37.1 Å². The van der Waals surface area contributed by atoms with Crippen LogP contribution < -0.4 is 10.1 Å². The Labute approximate surface area is 121 Å². The molecule has 2 aromatic rings. The van der Waals surface area contributed by atoms with Gasteiger partial charge in [0.1, 0.15) is 5.75 Å². The summed E-state index contributed by atoms with van der Waals surface area (Å²) >= 11 is 0. The van der Waals surface area contributed by atoms with Crippen LogP contribution in [0.25, 0.3) is 0 Å². The Morgan fingerprint density at radius 1 is 1.15 bits per heavy atom. The number of nitrogens with one attached hydrogen (secondary N) is 1. The first-order valence-electron chi connectivity index (χ1n) is 6.99. The molecule has 0 unspecified atom stereocenters. The second-order valence-corrected chi connectivity index (χ2v) is 5.31. The van der Waals surface area contributed by atoms with Crippen LogP contribution in [-0.2, 0) is 6.54 Å². The van der Waals surface area contributed by atoms with E-state index in [1.54, 1.807) is 0 Å². The van der Waals surface area contributed by atoms with Gasteiger partial charge < -0.3 is 10.1 Å². The van der Waals surface area contributed by atoms with Gasteiger partial charge in [0.25, 0.3) is 0 Å². The molecule has 0 fully saturated rings. The summed E-state index contributed by atoms with van der Waals surface area (Å²) in [5.74, 6) is 1.51. The molecule has 0 radical (unpaired) electrons. The van der Waals surface area contributed by atoms with E-state index in [9.17, 15) is 0 Å². The molecule has 1 heterocycles. The van der Waals surface area contributed by atoms with Crippen molar-refractivity contribution in [1.82, 2.24) is 10.3 Å². The van der Waals surface area contributed by atoms with E-state index >= 15 is 0 Å². The Morgan fingerprint density at radius 3 is 2.50 bits per heavy atom. The van der Waals surface area contributed by atoms with Crippen molar-refractivity contribution in [1.29, 1.82) is 0 Å². The number of hydrogen-bond donors (Lipinski definition) is 1. The van der Waals surface area contributed by atoms with Crippen molar-refractivity contribution >= 4 is 0 Å². The van der Waals surface area contributed by atoms with Crippen LogP contribution in [0.4, 0.5) is 0 Å². The van der Waals surface area contributed by atoms with E-state index in [-0.39, 0.29) is 0 Å². The number of aromatic nitrogens is 1. The Hall–Kier alpha value is -1.87. The van der Waals surface area contributed by atoms with Gasteiger partial charge in [-0.1, -0.05) is 32.0 Å². The lowest BCUT2D eigenvalue weighted by Crippen LogP contribution is -2.23. The average Bonchev–Trinajstić information content (AvgIpc) is 2.38. The molecule has 3 nitrogen and oxygen atoms in total. The van der Waals surface area contributed by atoms with Crippen LogP contribution in [0.2, 0.25) is 0 Å². The van der Waals surface area contributed by atoms with Gasteiger partial charge in [-0.25, -0.2) is 4.98 Å². The van der Waals surface area contributed by atoms with Gasteiger partial charge in [-0.2, -0.15) is 0 Å². The number of nitrogens with zero attached hydrogens (tertiary/aromatic N) is 1. The summed E-state index contributed by atoms with van der Waals surface area (Å²) in [6.07, 6.45) is 0. The van der Waals surface area contributed by atoms with Crippen molar-refractivity contribution in [3.05, 3.63) is 53.2 Å². The molecule has 1 aromatic carbocycles. The molecule has 0 saturated carbocycles. The molecule has 0 aliphatic carbocycles. The fraction of sp³-hybridized carbons (Fsp3) is 0.353. The molecule has 0 atom stereocenters. The van der Waals surface area contributed by atoms with Gasteiger partial charge in [-0.15, -0.1) is 0 Å². The van der Waals surface area contributed by atoms with Crippen molar-refractivity contribution in [2.24, 2.45) is 0 Å². The van der Waals surface area contributed by atoms with Crippen LogP contribution in [0, 0.1) is 13.8 Å². The topological polar surface area (TPSA) is 34.1 Å². The van der Waals surface area contributed by atoms with Crippen LogP contribution in [0.15, 0.2) is 36.4 Å². The highest BCUT2D eigenvalue weighted by molar-refractivity contribution is 5.38. The highest BCUT2D eigenvalue weighted by Gasteiger charge is 2.11. The minimum absolute atomic E-state index is 0.431. The zero-order valence-corrected chi connectivity index (χ0v) is 12.6. The smallest absolute Gasteiger partial charge is 0.224 e. The molecule has 20 heavy (non-hydrogen) atoms. The second-order valence-electron chi connectivity index (χ2n) is 5.31. The summed E-state index contributed by atoms with van der Waals surface area (Å²) in [7, 11) is 0. The quantitative estimate of drug-likeness (QED) is 0.892. The minimum atomic E-state index is 0.431. The maximum atomic E-state index is 5.95. The van der Waals surface area contributed by atoms with Gasteiger partial charge >= 0.3 is 0 Å². The predicted octanol–water partition coefficient (Wildman–Crippen LogP) is 3.99. The lowest BCUT2D eigenvalue weighted by molar-refractivity contribution is 0.448. The summed E-state index contributed by atoms with van der Waals surface area (Å²) in [5, 5.41) is 3.43. The first-order chi connectivity index (χ1) is 9.56. The number of para-hydroxylation sites is 1. The first-order valence-corrected chi connectivity index (χ1v) is 6.99. The fourth-order valence-electron chi connectivity index (χ4n) is 2.03. The summed E-state index contributed by atoms with van der Waals surface area (Å²) in [4.78, 5) is 4.54. The number of aryl methyl sites for hydroxylation is 2. The molecular weight excluding hydrogens is 248 g/mol. The summed E-state index contributed by atoms with van der Waals surface area (Å²) < 4.78 is 5.95. The predicted molar refractivity (Wildman–Crippen MR) is 82.2 cm³/mol. The number of benzene rings is 1. The fourth-order valence-corrected chi connectivity index (χ4v) is 2.03. The highest BCUT2D eigenvalue weighted by Crippen LogP contribution is 2.26. The van der Waals surface area contributed by atoms with E-state index in [1.165, 1.54) is 5.56 Å². The third-order valence-corrected chi connectivity index (χ3v) is 3.08. The largest absolute Gasteiger partial charge is 0.439 e. The third kappa shape index (κ3) is 3.81. The molecule has 3 heteroatoms. The van der Waals surface area contributed by atoms with Crippen LogP contribution >= 0.6 is 0 Å². The molecular formula is C17H22N2O. The van der Waals surface area contributed by atoms with E-state index < -0.39 is 0 Å². The maximum Gasteiger partial charge on any atom is 0.224 e. The molecule has 1 aromatic heterocycles. The van der Waals surface area contributed by atoms with Gasteiger partial charge in [0, 0.05) is 23.8 Å². The Balaban J connectivity index is 2.30. The zero-order valence-electron chi connectivity index (χ0n) is 12.6. The third-order valence-electron chi connectivity index (χ3n) is 3.08. The number of ether oxygens (including phenoxy) is 1. The van der Waals surface area contributed by atoms with Crippen LogP contribution in [0.5, 0.6) is 11.6 Å². The number of hydrogen-bond acceptors (Lipinski definition) is 3. The van der Waals surface area contributed by atoms with Gasteiger partial charge in [-0.3, -0.25) is 0 Å². The van der Waals surface area contributed by atoms with E-state index in [1.807, 2.05) is 37.3 Å². The lowest BCUT2D eigenvalue weighted by atomic mass is 10.1. The molecule has 0 amide bonds. The van der Waals surface area contributed by atoms with Crippen LogP contribution in [-0.4, -0.2) is 11.0 Å². The maximum absolute atomic E-state index is 5.95. The van der Waals surface area contributed by atoms with Crippen molar-refractivity contribution in [3.8, 4) is 11.6 Å². The van der Waals surface area contributed by atoms with Crippen molar-refractivity contribution in [2.75, 3.05) is 0 Å². The molecule has 2 rings (SSSR count). The van der Waals surface area contributed by atoms with E-state index in [0.717, 1.165) is 23.6 Å². The minimum Gasteiger partial charge on any atom is -0.439 e. The van der Waals surface area contributed by atoms with Gasteiger partial charge in [0.15, 0.2) is 0 Å². The Kier molecular flexibility index (Phi) is 4.74. The Morgan fingerprint density at radius 2 is 1.85 bits per heavy atom. The highest BCUT2D eigenvalue weighted by atomic mass is 16.5. The SMILES string of the molecule is Cc1cc(C)c(CNC(C)C)c(Oc2ccccc2)n1. The second kappa shape index (κ2) is 6.53. The molecule has 1 N–H and O–H groups in total. The van der Waals surface area contributed by atoms with Gasteiger partial charge in [-0.05, 0) is 37.6 Å². The molecule has 0 bridgehead atoms. The van der Waals surface area contributed by atoms with Gasteiger partial charge in [0.05, 0.1) is 0 Å². The normalized spacial score (nSPS) is 10.8. The van der Waals surface area contributed by atoms with Crippen molar-refractivity contribution < 1.29 is 4.74 Å². The van der Waals surface area contributed by atoms with Crippen LogP contribution in [0.3, 0.4) is 0 Å². The van der Waals surface area contributed by atoms with Crippen LogP contribution in [0.1, 0.15) is 30.7 Å². The summed E-state index contributed by atoms with van der Waals surface area (Å²) in [6.45, 7) is 9.12. The van der Waals surface area contributed by atoms with E-state index in [0.29, 0.717) is 11.9 Å². The van der Waals surface area contributed by atoms with Crippen molar-refractivity contribution in [3.63, 3.8) is 0 Å². The average molecular weight is 270 g/mol. The number of pyridine rings is 1. The first kappa shape index (κ1) is 14.5. The lowest BCUT2D eigenvalue weighted by Gasteiger charge is -2.15. The monoisotopic (exact) mass is 270 g/mol. The van der Waals surface area contributed by atoms with Gasteiger partial charge in [0.2, 0.25) is 5.88 Å². The summed E-state index contributed by atoms with van der Waals surface area (Å²) in [6, 6.07) is 12.3. The van der Waals surface area contributed by atoms with E-state index in [4.69, 9.17) is 4.74 Å². The molecule has 106 valence electrons. The van der Waals surface area contributed by atoms with Crippen molar-refractivity contribution in [2.45, 2.75) is 40.3 Å². The molecule has 0 aliphatic heterocycles. The number of rotatable bonds is 5. The molecule has 0 spiro atoms. The zero-order chi connectivity index (χ0) is 14.5. The Bertz CT molecular complexity index is 565. The molecule has 0 saturated heterocycles. The molecule has 0 aliphatic rings. The standard InChI is InChI=1S/C17H22N2O/c1-12(2)18-11-16-13(3)10-14(4)19-17(16)20-15-8-6-5-7-9-15/h5-10,12,18H,11H2,1-4H3.